The van der Waals surface area contributed by atoms with Crippen molar-refractivity contribution in [1.82, 2.24) is 15.5 Å². The van der Waals surface area contributed by atoms with Gasteiger partial charge in [0.2, 0.25) is 11.7 Å². The van der Waals surface area contributed by atoms with Gasteiger partial charge < -0.3 is 14.3 Å². The molecule has 0 spiro atoms. The van der Waals surface area contributed by atoms with Crippen molar-refractivity contribution in [2.24, 2.45) is 0 Å². The molecule has 2 aromatic heterocycles. The zero-order valence-electron chi connectivity index (χ0n) is 13.8. The lowest BCUT2D eigenvalue weighted by molar-refractivity contribution is 0.0930. The molecule has 25 heavy (non-hydrogen) atoms. The van der Waals surface area contributed by atoms with E-state index in [1.807, 2.05) is 0 Å². The molecule has 6 nitrogen and oxygen atoms in total. The number of aromatic nitrogens is 2. The lowest BCUT2D eigenvalue weighted by Crippen LogP contribution is -2.27. The summed E-state index contributed by atoms with van der Waals surface area (Å²) in [5.74, 6) is 1.08. The molecule has 3 rings (SSSR count). The number of carbonyl (C=O) groups excluding carboxylic acids is 1. The van der Waals surface area contributed by atoms with Crippen molar-refractivity contribution in [2.75, 3.05) is 0 Å². The number of benzene rings is 1. The summed E-state index contributed by atoms with van der Waals surface area (Å²) >= 11 is 3.35. The molecular weight excluding hydrogens is 393 g/mol. The number of nitrogens with one attached hydrogen (secondary N) is 1. The lowest BCUT2D eigenvalue weighted by atomic mass is 10.2. The monoisotopic (exact) mass is 407 g/mol. The molecule has 1 atom stereocenters. The van der Waals surface area contributed by atoms with E-state index in [2.05, 4.69) is 31.4 Å². The van der Waals surface area contributed by atoms with E-state index < -0.39 is 6.04 Å². The molecule has 0 fully saturated rings. The maximum atomic E-state index is 13.0. The van der Waals surface area contributed by atoms with E-state index in [0.717, 1.165) is 0 Å². The first-order chi connectivity index (χ1) is 11.9. The Balaban J connectivity index is 1.76. The number of aryl methyl sites for hydroxylation is 2. The zero-order chi connectivity index (χ0) is 18.1. The Morgan fingerprint density at radius 2 is 1.92 bits per heavy atom. The molecule has 1 N–H and O–H groups in total. The molecule has 0 radical (unpaired) electrons. The molecule has 0 saturated heterocycles. The van der Waals surface area contributed by atoms with Crippen molar-refractivity contribution in [3.05, 3.63) is 57.5 Å². The van der Waals surface area contributed by atoms with E-state index in [9.17, 15) is 9.18 Å². The van der Waals surface area contributed by atoms with E-state index in [-0.39, 0.29) is 17.6 Å². The predicted molar refractivity (Wildman–Crippen MR) is 91.5 cm³/mol. The SMILES string of the molecule is Cc1oc(C)c(C(=O)NC(C)c2nc(-c3ccc(F)cc3)no2)c1Br. The highest BCUT2D eigenvalue weighted by Crippen LogP contribution is 2.28. The van der Waals surface area contributed by atoms with Crippen LogP contribution in [0.25, 0.3) is 11.4 Å². The Kier molecular flexibility index (Phi) is 4.71. The van der Waals surface area contributed by atoms with Crippen LogP contribution in [0.5, 0.6) is 0 Å². The fourth-order valence-corrected chi connectivity index (χ4v) is 2.91. The molecule has 8 heteroatoms. The van der Waals surface area contributed by atoms with Crippen molar-refractivity contribution < 1.29 is 18.1 Å². The summed E-state index contributed by atoms with van der Waals surface area (Å²) < 4.78 is 24.2. The van der Waals surface area contributed by atoms with Crippen molar-refractivity contribution in [3.63, 3.8) is 0 Å². The third-order valence-corrected chi connectivity index (χ3v) is 4.63. The second-order valence-corrected chi connectivity index (χ2v) is 6.35. The minimum absolute atomic E-state index is 0.252. The van der Waals surface area contributed by atoms with E-state index >= 15 is 0 Å². The summed E-state index contributed by atoms with van der Waals surface area (Å²) in [5.41, 5.74) is 1.06. The third kappa shape index (κ3) is 3.48. The standard InChI is InChI=1S/C17H15BrFN3O3/c1-8(20-16(23)13-9(2)24-10(3)14(13)18)17-21-15(22-25-17)11-4-6-12(19)7-5-11/h4-8H,1-3H3,(H,20,23). The molecule has 0 aliphatic rings. The molecule has 2 heterocycles. The van der Waals surface area contributed by atoms with Crippen LogP contribution in [0, 0.1) is 19.7 Å². The molecule has 0 bridgehead atoms. The molecule has 0 aliphatic carbocycles. The number of carbonyl (C=O) groups is 1. The van der Waals surface area contributed by atoms with Crippen LogP contribution < -0.4 is 5.32 Å². The summed E-state index contributed by atoms with van der Waals surface area (Å²) in [6.07, 6.45) is 0. The van der Waals surface area contributed by atoms with Crippen molar-refractivity contribution in [2.45, 2.75) is 26.8 Å². The van der Waals surface area contributed by atoms with Crippen molar-refractivity contribution in [3.8, 4) is 11.4 Å². The largest absolute Gasteiger partial charge is 0.465 e. The molecule has 0 aliphatic heterocycles. The van der Waals surface area contributed by atoms with Crippen molar-refractivity contribution >= 4 is 21.8 Å². The van der Waals surface area contributed by atoms with Crippen LogP contribution >= 0.6 is 15.9 Å². The van der Waals surface area contributed by atoms with Gasteiger partial charge in [-0.1, -0.05) is 5.16 Å². The number of furan rings is 1. The molecule has 1 aromatic carbocycles. The number of amides is 1. The summed E-state index contributed by atoms with van der Waals surface area (Å²) in [6, 6.07) is 5.25. The van der Waals surface area contributed by atoms with E-state index in [1.54, 1.807) is 32.9 Å². The van der Waals surface area contributed by atoms with E-state index in [1.165, 1.54) is 12.1 Å². The van der Waals surface area contributed by atoms with Crippen LogP contribution in [-0.2, 0) is 0 Å². The highest BCUT2D eigenvalue weighted by molar-refractivity contribution is 9.10. The molecule has 0 saturated carbocycles. The van der Waals surface area contributed by atoms with Crippen LogP contribution in [0.2, 0.25) is 0 Å². The quantitative estimate of drug-likeness (QED) is 0.695. The van der Waals surface area contributed by atoms with Gasteiger partial charge in [-0.05, 0) is 61.0 Å². The van der Waals surface area contributed by atoms with Crippen LogP contribution in [0.3, 0.4) is 0 Å². The molecule has 1 amide bonds. The number of rotatable bonds is 4. The van der Waals surface area contributed by atoms with Crippen LogP contribution in [0.15, 0.2) is 37.7 Å². The smallest absolute Gasteiger partial charge is 0.256 e. The molecule has 3 aromatic rings. The van der Waals surface area contributed by atoms with Gasteiger partial charge in [0, 0.05) is 5.56 Å². The summed E-state index contributed by atoms with van der Waals surface area (Å²) in [6.45, 7) is 5.22. The summed E-state index contributed by atoms with van der Waals surface area (Å²) in [4.78, 5) is 16.7. The Labute approximate surface area is 151 Å². The topological polar surface area (TPSA) is 81.2 Å². The zero-order valence-corrected chi connectivity index (χ0v) is 15.3. The third-order valence-electron chi connectivity index (χ3n) is 3.68. The predicted octanol–water partition coefficient (Wildman–Crippen LogP) is 4.34. The maximum absolute atomic E-state index is 13.0. The van der Waals surface area contributed by atoms with Gasteiger partial charge in [-0.2, -0.15) is 4.98 Å². The van der Waals surface area contributed by atoms with Gasteiger partial charge >= 0.3 is 0 Å². The second-order valence-electron chi connectivity index (χ2n) is 5.56. The lowest BCUT2D eigenvalue weighted by Gasteiger charge is -2.09. The van der Waals surface area contributed by atoms with Gasteiger partial charge in [0.25, 0.3) is 5.91 Å². The highest BCUT2D eigenvalue weighted by Gasteiger charge is 2.23. The van der Waals surface area contributed by atoms with E-state index in [4.69, 9.17) is 8.94 Å². The van der Waals surface area contributed by atoms with Crippen LogP contribution in [0.1, 0.15) is 40.7 Å². The van der Waals surface area contributed by atoms with Crippen molar-refractivity contribution in [1.29, 1.82) is 0 Å². The van der Waals surface area contributed by atoms with Crippen LogP contribution in [-0.4, -0.2) is 16.0 Å². The maximum Gasteiger partial charge on any atom is 0.256 e. The van der Waals surface area contributed by atoms with Crippen LogP contribution in [0.4, 0.5) is 4.39 Å². The Hall–Kier alpha value is -2.48. The molecular formula is C17H15BrFN3O3. The second kappa shape index (κ2) is 6.79. The Morgan fingerprint density at radius 1 is 1.24 bits per heavy atom. The number of hydrogen-bond donors (Lipinski definition) is 1. The highest BCUT2D eigenvalue weighted by atomic mass is 79.9. The average molecular weight is 408 g/mol. The summed E-state index contributed by atoms with van der Waals surface area (Å²) in [7, 11) is 0. The normalized spacial score (nSPS) is 12.2. The Bertz CT molecular complexity index is 918. The number of halogens is 2. The van der Waals surface area contributed by atoms with Gasteiger partial charge in [0.1, 0.15) is 23.4 Å². The molecule has 130 valence electrons. The molecule has 1 unspecified atom stereocenters. The van der Waals surface area contributed by atoms with Gasteiger partial charge in [0.15, 0.2) is 0 Å². The van der Waals surface area contributed by atoms with Gasteiger partial charge in [-0.3, -0.25) is 4.79 Å². The first kappa shape index (κ1) is 17.3. The fraction of sp³-hybridized carbons (Fsp3) is 0.235. The average Bonchev–Trinajstić information content (AvgIpc) is 3.14. The number of hydrogen-bond acceptors (Lipinski definition) is 5. The minimum Gasteiger partial charge on any atom is -0.465 e. The first-order valence-corrected chi connectivity index (χ1v) is 8.32. The summed E-state index contributed by atoms with van der Waals surface area (Å²) in [5, 5.41) is 6.66. The van der Waals surface area contributed by atoms with E-state index in [0.29, 0.717) is 32.9 Å². The van der Waals surface area contributed by atoms with Gasteiger partial charge in [0.05, 0.1) is 10.0 Å². The Morgan fingerprint density at radius 3 is 2.52 bits per heavy atom. The van der Waals surface area contributed by atoms with Gasteiger partial charge in [-0.15, -0.1) is 0 Å². The van der Waals surface area contributed by atoms with Gasteiger partial charge in [-0.25, -0.2) is 4.39 Å². The number of nitrogens with zero attached hydrogens (tertiary/aromatic N) is 2. The first-order valence-electron chi connectivity index (χ1n) is 7.52. The minimum atomic E-state index is -0.504. The fourth-order valence-electron chi connectivity index (χ4n) is 2.37.